The molecule has 0 bridgehead atoms. The summed E-state index contributed by atoms with van der Waals surface area (Å²) >= 11 is 5.46. The lowest BCUT2D eigenvalue weighted by atomic mass is 10.1. The number of carbonyl (C=O) groups is 2. The molecule has 0 saturated carbocycles. The van der Waals surface area contributed by atoms with E-state index in [2.05, 4.69) is 4.98 Å². The van der Waals surface area contributed by atoms with Crippen LogP contribution in [-0.4, -0.2) is 27.1 Å². The van der Waals surface area contributed by atoms with Crippen LogP contribution in [0.3, 0.4) is 0 Å². The molecule has 2 N–H and O–H groups in total. The average Bonchev–Trinajstić information content (AvgIpc) is 2.02. The molecule has 0 aromatic carbocycles. The van der Waals surface area contributed by atoms with E-state index in [1.807, 2.05) is 0 Å². The van der Waals surface area contributed by atoms with E-state index in [9.17, 15) is 9.59 Å². The minimum atomic E-state index is -1.38. The second-order valence-electron chi connectivity index (χ2n) is 2.15. The summed E-state index contributed by atoms with van der Waals surface area (Å²) in [5.41, 5.74) is -0.857. The first-order valence-electron chi connectivity index (χ1n) is 3.14. The van der Waals surface area contributed by atoms with Crippen LogP contribution in [0.2, 0.25) is 5.02 Å². The van der Waals surface area contributed by atoms with E-state index in [1.54, 1.807) is 0 Å². The Bertz CT molecular complexity index is 377. The molecule has 0 aliphatic carbocycles. The summed E-state index contributed by atoms with van der Waals surface area (Å²) in [6.45, 7) is 0. The summed E-state index contributed by atoms with van der Waals surface area (Å²) < 4.78 is 0. The van der Waals surface area contributed by atoms with E-state index in [-0.39, 0.29) is 5.02 Å². The number of carboxylic acids is 2. The molecule has 0 fully saturated rings. The molecule has 0 saturated heterocycles. The molecule has 1 aromatic heterocycles. The van der Waals surface area contributed by atoms with Crippen LogP contribution in [0.25, 0.3) is 0 Å². The van der Waals surface area contributed by atoms with Gasteiger partial charge in [-0.3, -0.25) is 4.98 Å². The minimum Gasteiger partial charge on any atom is -0.478 e. The highest BCUT2D eigenvalue weighted by molar-refractivity contribution is 6.34. The number of nitrogens with zero attached hydrogens (tertiary/aromatic N) is 1. The summed E-state index contributed by atoms with van der Waals surface area (Å²) in [4.78, 5) is 24.6. The Labute approximate surface area is 77.6 Å². The maximum absolute atomic E-state index is 10.6. The van der Waals surface area contributed by atoms with Crippen LogP contribution in [0.4, 0.5) is 0 Å². The van der Waals surface area contributed by atoms with Gasteiger partial charge in [0.2, 0.25) is 0 Å². The lowest BCUT2D eigenvalue weighted by molar-refractivity contribution is 0.0651. The van der Waals surface area contributed by atoms with Gasteiger partial charge in [0.05, 0.1) is 16.1 Å². The fourth-order valence-corrected chi connectivity index (χ4v) is 1.05. The quantitative estimate of drug-likeness (QED) is 0.749. The SMILES string of the molecule is O=C(O)c1cncc(Cl)c1C(=O)O. The number of carboxylic acid groups (broad SMARTS) is 2. The molecule has 13 heavy (non-hydrogen) atoms. The minimum absolute atomic E-state index is 0.188. The van der Waals surface area contributed by atoms with Crippen LogP contribution in [0, 0.1) is 0 Å². The van der Waals surface area contributed by atoms with Crippen molar-refractivity contribution in [3.63, 3.8) is 0 Å². The predicted molar refractivity (Wildman–Crippen MR) is 43.2 cm³/mol. The Hall–Kier alpha value is -1.62. The first-order valence-corrected chi connectivity index (χ1v) is 3.52. The Morgan fingerprint density at radius 3 is 2.23 bits per heavy atom. The van der Waals surface area contributed by atoms with Crippen LogP contribution in [0.1, 0.15) is 20.7 Å². The Morgan fingerprint density at radius 1 is 1.23 bits per heavy atom. The van der Waals surface area contributed by atoms with Gasteiger partial charge in [-0.25, -0.2) is 9.59 Å². The third-order valence-corrected chi connectivity index (χ3v) is 1.63. The van der Waals surface area contributed by atoms with E-state index in [0.29, 0.717) is 0 Å². The molecule has 0 atom stereocenters. The van der Waals surface area contributed by atoms with Crippen LogP contribution >= 0.6 is 11.6 Å². The van der Waals surface area contributed by atoms with Gasteiger partial charge >= 0.3 is 11.9 Å². The van der Waals surface area contributed by atoms with Crippen molar-refractivity contribution in [2.45, 2.75) is 0 Å². The van der Waals surface area contributed by atoms with Gasteiger partial charge in [0.25, 0.3) is 0 Å². The number of halogens is 1. The molecular formula is C7H4ClNO4. The van der Waals surface area contributed by atoms with Crippen molar-refractivity contribution in [3.8, 4) is 0 Å². The van der Waals surface area contributed by atoms with Crippen molar-refractivity contribution in [2.75, 3.05) is 0 Å². The summed E-state index contributed by atoms with van der Waals surface area (Å²) in [6, 6.07) is 0. The van der Waals surface area contributed by atoms with Crippen molar-refractivity contribution in [3.05, 3.63) is 28.5 Å². The molecule has 1 aromatic rings. The lowest BCUT2D eigenvalue weighted by Gasteiger charge is -2.01. The van der Waals surface area contributed by atoms with Crippen LogP contribution in [0.15, 0.2) is 12.4 Å². The van der Waals surface area contributed by atoms with Crippen molar-refractivity contribution >= 4 is 23.5 Å². The Balaban J connectivity index is 3.43. The van der Waals surface area contributed by atoms with Crippen molar-refractivity contribution in [2.24, 2.45) is 0 Å². The lowest BCUT2D eigenvalue weighted by Crippen LogP contribution is -2.09. The number of aromatic carboxylic acids is 2. The van der Waals surface area contributed by atoms with Gasteiger partial charge < -0.3 is 10.2 Å². The second kappa shape index (κ2) is 3.40. The fourth-order valence-electron chi connectivity index (χ4n) is 0.815. The summed E-state index contributed by atoms with van der Waals surface area (Å²) in [5, 5.41) is 17.0. The van der Waals surface area contributed by atoms with Crippen molar-refractivity contribution < 1.29 is 19.8 Å². The zero-order valence-electron chi connectivity index (χ0n) is 6.19. The van der Waals surface area contributed by atoms with E-state index < -0.39 is 23.1 Å². The molecule has 0 amide bonds. The summed E-state index contributed by atoms with van der Waals surface area (Å²) in [6.07, 6.45) is 2.02. The number of pyridine rings is 1. The zero-order chi connectivity index (χ0) is 10.0. The smallest absolute Gasteiger partial charge is 0.338 e. The van der Waals surface area contributed by atoms with Gasteiger partial charge in [-0.2, -0.15) is 0 Å². The highest BCUT2D eigenvalue weighted by atomic mass is 35.5. The number of rotatable bonds is 2. The molecule has 0 aliphatic heterocycles. The molecule has 6 heteroatoms. The molecule has 1 rings (SSSR count). The van der Waals surface area contributed by atoms with Crippen LogP contribution in [0.5, 0.6) is 0 Å². The van der Waals surface area contributed by atoms with Gasteiger partial charge in [0.1, 0.15) is 0 Å². The predicted octanol–water partition coefficient (Wildman–Crippen LogP) is 1.13. The Kier molecular flexibility index (Phi) is 2.48. The highest BCUT2D eigenvalue weighted by Gasteiger charge is 2.19. The molecule has 68 valence electrons. The molecular weight excluding hydrogens is 198 g/mol. The standard InChI is InChI=1S/C7H4ClNO4/c8-4-2-9-1-3(6(10)11)5(4)7(12)13/h1-2H,(H,10,11)(H,12,13). The van der Waals surface area contributed by atoms with Gasteiger partial charge in [-0.15, -0.1) is 0 Å². The van der Waals surface area contributed by atoms with E-state index in [1.165, 1.54) is 0 Å². The van der Waals surface area contributed by atoms with Gasteiger partial charge in [-0.1, -0.05) is 11.6 Å². The number of aromatic nitrogens is 1. The van der Waals surface area contributed by atoms with Crippen LogP contribution < -0.4 is 0 Å². The maximum atomic E-state index is 10.6. The fraction of sp³-hybridized carbons (Fsp3) is 0. The van der Waals surface area contributed by atoms with Gasteiger partial charge in [0, 0.05) is 12.4 Å². The first-order chi connectivity index (χ1) is 6.04. The van der Waals surface area contributed by atoms with E-state index >= 15 is 0 Å². The van der Waals surface area contributed by atoms with Crippen molar-refractivity contribution in [1.82, 2.24) is 4.98 Å². The molecule has 0 radical (unpaired) electrons. The van der Waals surface area contributed by atoms with Crippen molar-refractivity contribution in [1.29, 1.82) is 0 Å². The average molecular weight is 202 g/mol. The van der Waals surface area contributed by atoms with Gasteiger partial charge in [0.15, 0.2) is 0 Å². The molecule has 0 aliphatic rings. The monoisotopic (exact) mass is 201 g/mol. The zero-order valence-corrected chi connectivity index (χ0v) is 6.95. The number of hydrogen-bond acceptors (Lipinski definition) is 3. The second-order valence-corrected chi connectivity index (χ2v) is 2.56. The topological polar surface area (TPSA) is 87.5 Å². The Morgan fingerprint density at radius 2 is 1.85 bits per heavy atom. The normalized spacial score (nSPS) is 9.62. The van der Waals surface area contributed by atoms with Gasteiger partial charge in [-0.05, 0) is 0 Å². The molecule has 5 nitrogen and oxygen atoms in total. The number of hydrogen-bond donors (Lipinski definition) is 2. The third-order valence-electron chi connectivity index (χ3n) is 1.34. The highest BCUT2D eigenvalue weighted by Crippen LogP contribution is 2.18. The summed E-state index contributed by atoms with van der Waals surface area (Å²) in [7, 11) is 0. The largest absolute Gasteiger partial charge is 0.478 e. The maximum Gasteiger partial charge on any atom is 0.338 e. The van der Waals surface area contributed by atoms with Crippen LogP contribution in [-0.2, 0) is 0 Å². The summed E-state index contributed by atoms with van der Waals surface area (Å²) in [5.74, 6) is -2.75. The third kappa shape index (κ3) is 1.75. The van der Waals surface area contributed by atoms with E-state index in [0.717, 1.165) is 12.4 Å². The van der Waals surface area contributed by atoms with E-state index in [4.69, 9.17) is 21.8 Å². The first kappa shape index (κ1) is 9.47. The molecule has 0 unspecified atom stereocenters. The molecule has 1 heterocycles. The molecule has 0 spiro atoms.